The van der Waals surface area contributed by atoms with Crippen molar-refractivity contribution < 1.29 is 13.6 Å². The van der Waals surface area contributed by atoms with Gasteiger partial charge in [0.05, 0.1) is 7.11 Å². The minimum absolute atomic E-state index is 0. The van der Waals surface area contributed by atoms with Crippen LogP contribution < -0.4 is 0 Å². The van der Waals surface area contributed by atoms with Crippen molar-refractivity contribution in [1.29, 1.82) is 0 Å². The highest BCUT2D eigenvalue weighted by atomic mass is 35.5. The highest BCUT2D eigenvalue weighted by Crippen LogP contribution is 2.37. The zero-order valence-electron chi connectivity index (χ0n) is 17.0. The summed E-state index contributed by atoms with van der Waals surface area (Å²) in [6, 6.07) is 10.5. The van der Waals surface area contributed by atoms with E-state index in [0.29, 0.717) is 24.9 Å². The number of hydrogen-bond donors (Lipinski definition) is 0. The largest absolute Gasteiger partial charge is 0.302 e. The third-order valence-corrected chi connectivity index (χ3v) is 5.86. The molecule has 0 heterocycles. The molecule has 0 aromatic heterocycles. The molecule has 2 unspecified atom stereocenters. The molecule has 1 saturated carbocycles. The summed E-state index contributed by atoms with van der Waals surface area (Å²) < 4.78 is 28.7. The van der Waals surface area contributed by atoms with E-state index in [0.717, 1.165) is 16.7 Å². The molecule has 5 heteroatoms. The Balaban J connectivity index is 0.00000280. The first-order valence-electron chi connectivity index (χ1n) is 9.72. The normalized spacial score (nSPS) is 16.0. The zero-order chi connectivity index (χ0) is 19.6. The summed E-state index contributed by atoms with van der Waals surface area (Å²) >= 11 is 0. The van der Waals surface area contributed by atoms with Gasteiger partial charge in [0.2, 0.25) is 0 Å². The van der Waals surface area contributed by atoms with Gasteiger partial charge >= 0.3 is 0 Å². The smallest absolute Gasteiger partial charge is 0.129 e. The van der Waals surface area contributed by atoms with Gasteiger partial charge in [-0.1, -0.05) is 24.3 Å². The van der Waals surface area contributed by atoms with E-state index in [4.69, 9.17) is 4.84 Å². The molecule has 0 saturated heterocycles. The molecule has 1 aliphatic rings. The molecule has 3 rings (SSSR count). The summed E-state index contributed by atoms with van der Waals surface area (Å²) in [7, 11) is 1.68. The third kappa shape index (κ3) is 5.11. The maximum Gasteiger partial charge on any atom is 0.129 e. The average Bonchev–Trinajstić information content (AvgIpc) is 3.46. The first kappa shape index (κ1) is 22.8. The predicted octanol–water partition coefficient (Wildman–Crippen LogP) is 5.99. The molecule has 0 N–H and O–H groups in total. The fourth-order valence-corrected chi connectivity index (χ4v) is 4.14. The van der Waals surface area contributed by atoms with Gasteiger partial charge in [-0.15, -0.1) is 12.4 Å². The number of aryl methyl sites for hydroxylation is 2. The second kappa shape index (κ2) is 9.82. The number of hydrogen-bond acceptors (Lipinski definition) is 2. The molecule has 0 spiro atoms. The van der Waals surface area contributed by atoms with Gasteiger partial charge in [0.15, 0.2) is 0 Å². The number of benzene rings is 2. The van der Waals surface area contributed by atoms with E-state index in [1.54, 1.807) is 7.11 Å². The molecule has 0 bridgehead atoms. The van der Waals surface area contributed by atoms with Crippen molar-refractivity contribution in [3.8, 4) is 0 Å². The molecule has 2 nitrogen and oxygen atoms in total. The van der Waals surface area contributed by atoms with Gasteiger partial charge in [0.25, 0.3) is 0 Å². The standard InChI is InChI=1S/C23H29F2NO.ClH/c1-15-7-5-8-16(2)23(15)19(13-20-21(24)9-6-10-22(20)25)14-26(27-4)17(3)18-11-12-18;/h5-10,17-19H,11-14H2,1-4H3;1H. The van der Waals surface area contributed by atoms with Crippen molar-refractivity contribution >= 4 is 12.4 Å². The Kier molecular flexibility index (Phi) is 7.99. The lowest BCUT2D eigenvalue weighted by Gasteiger charge is -2.32. The van der Waals surface area contributed by atoms with Crippen LogP contribution in [0.15, 0.2) is 36.4 Å². The number of hydroxylamine groups is 2. The lowest BCUT2D eigenvalue weighted by Crippen LogP contribution is -2.37. The van der Waals surface area contributed by atoms with E-state index in [1.165, 1.54) is 31.0 Å². The molecular weight excluding hydrogens is 380 g/mol. The Morgan fingerprint density at radius 1 is 1.04 bits per heavy atom. The second-order valence-electron chi connectivity index (χ2n) is 7.77. The molecule has 1 fully saturated rings. The average molecular weight is 410 g/mol. The minimum Gasteiger partial charge on any atom is -0.302 e. The van der Waals surface area contributed by atoms with Crippen LogP contribution in [0.5, 0.6) is 0 Å². The summed E-state index contributed by atoms with van der Waals surface area (Å²) in [6.07, 6.45) is 2.75. The Morgan fingerprint density at radius 3 is 2.07 bits per heavy atom. The van der Waals surface area contributed by atoms with Crippen molar-refractivity contribution in [2.75, 3.05) is 13.7 Å². The van der Waals surface area contributed by atoms with E-state index in [2.05, 4.69) is 32.9 Å². The van der Waals surface area contributed by atoms with Crippen LogP contribution in [0.25, 0.3) is 0 Å². The van der Waals surface area contributed by atoms with Gasteiger partial charge in [-0.3, -0.25) is 0 Å². The van der Waals surface area contributed by atoms with E-state index >= 15 is 0 Å². The van der Waals surface area contributed by atoms with Crippen molar-refractivity contribution in [2.24, 2.45) is 5.92 Å². The molecule has 28 heavy (non-hydrogen) atoms. The fourth-order valence-electron chi connectivity index (χ4n) is 4.14. The van der Waals surface area contributed by atoms with Gasteiger partial charge < -0.3 is 4.84 Å². The van der Waals surface area contributed by atoms with Crippen LogP contribution in [0.2, 0.25) is 0 Å². The maximum absolute atomic E-state index is 14.4. The SMILES string of the molecule is CON(CC(Cc1c(F)cccc1F)c1c(C)cccc1C)C(C)C1CC1.Cl. The number of halogens is 3. The quantitative estimate of drug-likeness (QED) is 0.496. The monoisotopic (exact) mass is 409 g/mol. The number of nitrogens with zero attached hydrogens (tertiary/aromatic N) is 1. The maximum atomic E-state index is 14.4. The van der Waals surface area contributed by atoms with Gasteiger partial charge in [0, 0.05) is 24.1 Å². The van der Waals surface area contributed by atoms with Crippen LogP contribution >= 0.6 is 12.4 Å². The van der Waals surface area contributed by atoms with Crippen LogP contribution in [0.1, 0.15) is 47.9 Å². The molecule has 2 atom stereocenters. The third-order valence-electron chi connectivity index (χ3n) is 5.86. The van der Waals surface area contributed by atoms with Crippen molar-refractivity contribution in [2.45, 2.75) is 52.0 Å². The molecule has 1 aliphatic carbocycles. The van der Waals surface area contributed by atoms with Crippen molar-refractivity contribution in [3.63, 3.8) is 0 Å². The first-order chi connectivity index (χ1) is 12.9. The summed E-state index contributed by atoms with van der Waals surface area (Å²) in [5, 5.41) is 1.99. The van der Waals surface area contributed by atoms with E-state index in [1.807, 2.05) is 11.1 Å². The number of rotatable bonds is 8. The Hall–Kier alpha value is -1.49. The van der Waals surface area contributed by atoms with E-state index in [-0.39, 0.29) is 23.9 Å². The molecular formula is C23H30ClF2NO. The fraction of sp³-hybridized carbons (Fsp3) is 0.478. The predicted molar refractivity (Wildman–Crippen MR) is 112 cm³/mol. The van der Waals surface area contributed by atoms with Gasteiger partial charge in [0.1, 0.15) is 11.6 Å². The molecule has 0 aliphatic heterocycles. The molecule has 0 amide bonds. The lowest BCUT2D eigenvalue weighted by atomic mass is 9.85. The van der Waals surface area contributed by atoms with E-state index in [9.17, 15) is 8.78 Å². The summed E-state index contributed by atoms with van der Waals surface area (Å²) in [5.41, 5.74) is 3.60. The van der Waals surface area contributed by atoms with Gasteiger partial charge in [-0.05, 0) is 74.8 Å². The summed E-state index contributed by atoms with van der Waals surface area (Å²) in [4.78, 5) is 5.69. The Morgan fingerprint density at radius 2 is 1.57 bits per heavy atom. The highest BCUT2D eigenvalue weighted by molar-refractivity contribution is 5.85. The minimum atomic E-state index is -0.481. The van der Waals surface area contributed by atoms with E-state index < -0.39 is 11.6 Å². The van der Waals surface area contributed by atoms with Crippen molar-refractivity contribution in [3.05, 3.63) is 70.3 Å². The Bertz CT molecular complexity index is 754. The molecule has 2 aromatic rings. The lowest BCUT2D eigenvalue weighted by molar-refractivity contribution is -0.165. The topological polar surface area (TPSA) is 12.5 Å². The second-order valence-corrected chi connectivity index (χ2v) is 7.77. The first-order valence-corrected chi connectivity index (χ1v) is 9.72. The zero-order valence-corrected chi connectivity index (χ0v) is 17.9. The van der Waals surface area contributed by atoms with Crippen LogP contribution in [0, 0.1) is 31.4 Å². The Labute approximate surface area is 173 Å². The summed E-state index contributed by atoms with van der Waals surface area (Å²) in [5.74, 6) is -0.372. The molecule has 2 aromatic carbocycles. The van der Waals surface area contributed by atoms with Crippen LogP contribution in [-0.4, -0.2) is 24.8 Å². The van der Waals surface area contributed by atoms with Crippen LogP contribution in [-0.2, 0) is 11.3 Å². The molecule has 154 valence electrons. The van der Waals surface area contributed by atoms with Crippen molar-refractivity contribution in [1.82, 2.24) is 5.06 Å². The van der Waals surface area contributed by atoms with Gasteiger partial charge in [-0.25, -0.2) is 8.78 Å². The van der Waals surface area contributed by atoms with Gasteiger partial charge in [-0.2, -0.15) is 5.06 Å². The summed E-state index contributed by atoms with van der Waals surface area (Å²) in [6.45, 7) is 6.91. The highest BCUT2D eigenvalue weighted by Gasteiger charge is 2.34. The van der Waals surface area contributed by atoms with Crippen LogP contribution in [0.4, 0.5) is 8.78 Å². The van der Waals surface area contributed by atoms with Crippen LogP contribution in [0.3, 0.4) is 0 Å². The molecule has 0 radical (unpaired) electrons.